The van der Waals surface area contributed by atoms with Crippen LogP contribution >= 0.6 is 0 Å². The number of rotatable bonds is 8. The maximum atomic E-state index is 13.1. The third kappa shape index (κ3) is 5.08. The van der Waals surface area contributed by atoms with Gasteiger partial charge in [0.25, 0.3) is 0 Å². The van der Waals surface area contributed by atoms with Crippen LogP contribution in [-0.2, 0) is 0 Å². The van der Waals surface area contributed by atoms with Gasteiger partial charge in [-0.05, 0) is 42.5 Å². The Bertz CT molecular complexity index is 1060. The molecule has 1 N–H and O–H groups in total. The standard InChI is InChI=1S/C22H17FN2O4/c23-17-4-1-5-18(13-17)28-10-3-11-29-20-8-7-15(12-16(20)14-24)21-19(22(26)27)6-2-9-25-21/h1-2,4-9,12-13H,3,10-11H2,(H,26,27). The molecule has 1 aromatic heterocycles. The van der Waals surface area contributed by atoms with Crippen molar-refractivity contribution in [2.24, 2.45) is 0 Å². The molecule has 3 rings (SSSR count). The van der Waals surface area contributed by atoms with Crippen molar-refractivity contribution in [3.05, 3.63) is 77.7 Å². The highest BCUT2D eigenvalue weighted by Crippen LogP contribution is 2.27. The first-order valence-corrected chi connectivity index (χ1v) is 8.82. The summed E-state index contributed by atoms with van der Waals surface area (Å²) in [6.45, 7) is 0.632. The summed E-state index contributed by atoms with van der Waals surface area (Å²) in [6, 6.07) is 15.8. The fourth-order valence-corrected chi connectivity index (χ4v) is 2.69. The SMILES string of the molecule is N#Cc1cc(-c2ncccc2C(=O)O)ccc1OCCCOc1cccc(F)c1. The second kappa shape index (κ2) is 9.33. The van der Waals surface area contributed by atoms with Gasteiger partial charge in [0.1, 0.15) is 23.4 Å². The van der Waals surface area contributed by atoms with Gasteiger partial charge in [-0.25, -0.2) is 9.18 Å². The molecule has 0 aliphatic carbocycles. The fraction of sp³-hybridized carbons (Fsp3) is 0.136. The van der Waals surface area contributed by atoms with Crippen LogP contribution in [-0.4, -0.2) is 29.3 Å². The van der Waals surface area contributed by atoms with E-state index < -0.39 is 5.97 Å². The van der Waals surface area contributed by atoms with Gasteiger partial charge >= 0.3 is 5.97 Å². The first-order valence-electron chi connectivity index (χ1n) is 8.82. The van der Waals surface area contributed by atoms with Crippen LogP contribution in [0.3, 0.4) is 0 Å². The number of pyridine rings is 1. The highest BCUT2D eigenvalue weighted by molar-refractivity contribution is 5.94. The number of aromatic nitrogens is 1. The van der Waals surface area contributed by atoms with Crippen molar-refractivity contribution in [1.82, 2.24) is 4.98 Å². The summed E-state index contributed by atoms with van der Waals surface area (Å²) in [6.07, 6.45) is 2.03. The molecule has 0 fully saturated rings. The van der Waals surface area contributed by atoms with Crippen LogP contribution in [0.1, 0.15) is 22.3 Å². The Labute approximate surface area is 166 Å². The van der Waals surface area contributed by atoms with Crippen molar-refractivity contribution >= 4 is 5.97 Å². The minimum absolute atomic E-state index is 0.0551. The largest absolute Gasteiger partial charge is 0.493 e. The van der Waals surface area contributed by atoms with Crippen molar-refractivity contribution < 1.29 is 23.8 Å². The number of aromatic carboxylic acids is 1. The van der Waals surface area contributed by atoms with E-state index in [1.807, 2.05) is 0 Å². The molecule has 0 atom stereocenters. The zero-order valence-corrected chi connectivity index (χ0v) is 15.3. The van der Waals surface area contributed by atoms with Crippen molar-refractivity contribution in [3.63, 3.8) is 0 Å². The highest BCUT2D eigenvalue weighted by atomic mass is 19.1. The lowest BCUT2D eigenvalue weighted by molar-refractivity contribution is 0.0697. The smallest absolute Gasteiger partial charge is 0.337 e. The molecule has 3 aromatic rings. The molecule has 146 valence electrons. The molecule has 0 amide bonds. The van der Waals surface area contributed by atoms with Crippen LogP contribution in [0.4, 0.5) is 4.39 Å². The number of benzene rings is 2. The van der Waals surface area contributed by atoms with E-state index in [-0.39, 0.29) is 22.6 Å². The maximum absolute atomic E-state index is 13.1. The van der Waals surface area contributed by atoms with Crippen LogP contribution in [0.15, 0.2) is 60.8 Å². The van der Waals surface area contributed by atoms with Crippen molar-refractivity contribution in [2.45, 2.75) is 6.42 Å². The summed E-state index contributed by atoms with van der Waals surface area (Å²) in [5.74, 6) is -0.631. The molecule has 0 spiro atoms. The van der Waals surface area contributed by atoms with E-state index in [1.165, 1.54) is 24.4 Å². The Morgan fingerprint density at radius 3 is 2.69 bits per heavy atom. The lowest BCUT2D eigenvalue weighted by Gasteiger charge is -2.11. The molecule has 0 aliphatic heterocycles. The van der Waals surface area contributed by atoms with Gasteiger partial charge in [-0.15, -0.1) is 0 Å². The number of nitrogens with zero attached hydrogens (tertiary/aromatic N) is 2. The predicted molar refractivity (Wildman–Crippen MR) is 103 cm³/mol. The molecule has 0 saturated carbocycles. The first kappa shape index (κ1) is 19.8. The van der Waals surface area contributed by atoms with Gasteiger partial charge in [0.05, 0.1) is 30.0 Å². The maximum Gasteiger partial charge on any atom is 0.337 e. The van der Waals surface area contributed by atoms with Gasteiger partial charge in [0.15, 0.2) is 0 Å². The number of hydrogen-bond donors (Lipinski definition) is 1. The van der Waals surface area contributed by atoms with Crippen LogP contribution in [0.2, 0.25) is 0 Å². The molecule has 0 saturated heterocycles. The average Bonchev–Trinajstić information content (AvgIpc) is 2.73. The number of carboxylic acid groups (broad SMARTS) is 1. The Morgan fingerprint density at radius 2 is 1.93 bits per heavy atom. The Balaban J connectivity index is 1.63. The topological polar surface area (TPSA) is 92.4 Å². The number of hydrogen-bond acceptors (Lipinski definition) is 5. The lowest BCUT2D eigenvalue weighted by Crippen LogP contribution is -2.06. The van der Waals surface area contributed by atoms with Gasteiger partial charge in [-0.2, -0.15) is 5.26 Å². The molecule has 7 heteroatoms. The first-order chi connectivity index (χ1) is 14.1. The Morgan fingerprint density at radius 1 is 1.10 bits per heavy atom. The van der Waals surface area contributed by atoms with Crippen molar-refractivity contribution in [3.8, 4) is 28.8 Å². The monoisotopic (exact) mass is 392 g/mol. The number of nitriles is 1. The molecular formula is C22H17FN2O4. The van der Waals surface area contributed by atoms with Gasteiger partial charge < -0.3 is 14.6 Å². The molecule has 1 heterocycles. The molecule has 2 aromatic carbocycles. The predicted octanol–water partition coefficient (Wildman–Crippen LogP) is 4.31. The summed E-state index contributed by atoms with van der Waals surface area (Å²) < 4.78 is 24.2. The summed E-state index contributed by atoms with van der Waals surface area (Å²) in [7, 11) is 0. The minimum atomic E-state index is -1.09. The van der Waals surface area contributed by atoms with E-state index in [4.69, 9.17) is 9.47 Å². The molecular weight excluding hydrogens is 375 g/mol. The molecule has 6 nitrogen and oxygen atoms in total. The highest BCUT2D eigenvalue weighted by Gasteiger charge is 2.14. The van der Waals surface area contributed by atoms with Gasteiger partial charge in [0.2, 0.25) is 0 Å². The Hall–Kier alpha value is -3.92. The normalized spacial score (nSPS) is 10.2. The lowest BCUT2D eigenvalue weighted by atomic mass is 10.0. The van der Waals surface area contributed by atoms with Gasteiger partial charge in [-0.1, -0.05) is 6.07 Å². The van der Waals surface area contributed by atoms with E-state index in [1.54, 1.807) is 36.4 Å². The molecule has 0 radical (unpaired) electrons. The van der Waals surface area contributed by atoms with E-state index >= 15 is 0 Å². The van der Waals surface area contributed by atoms with Crippen LogP contribution < -0.4 is 9.47 Å². The molecule has 0 unspecified atom stereocenters. The molecule has 29 heavy (non-hydrogen) atoms. The van der Waals surface area contributed by atoms with Crippen molar-refractivity contribution in [2.75, 3.05) is 13.2 Å². The molecule has 0 aliphatic rings. The van der Waals surface area contributed by atoms with Gasteiger partial charge in [-0.3, -0.25) is 4.98 Å². The third-order valence-corrected chi connectivity index (χ3v) is 4.02. The van der Waals surface area contributed by atoms with E-state index in [0.29, 0.717) is 36.7 Å². The summed E-state index contributed by atoms with van der Waals surface area (Å²) in [4.78, 5) is 15.5. The molecule has 0 bridgehead atoms. The van der Waals surface area contributed by atoms with Crippen LogP contribution in [0.25, 0.3) is 11.3 Å². The average molecular weight is 392 g/mol. The summed E-state index contributed by atoms with van der Waals surface area (Å²) in [5, 5.41) is 18.7. The van der Waals surface area contributed by atoms with Gasteiger partial charge in [0, 0.05) is 24.2 Å². The summed E-state index contributed by atoms with van der Waals surface area (Å²) in [5.41, 5.74) is 1.13. The van der Waals surface area contributed by atoms with E-state index in [9.17, 15) is 19.6 Å². The second-order valence-electron chi connectivity index (χ2n) is 6.04. The number of carboxylic acids is 1. The zero-order valence-electron chi connectivity index (χ0n) is 15.3. The number of halogens is 1. The van der Waals surface area contributed by atoms with E-state index in [0.717, 1.165) is 0 Å². The van der Waals surface area contributed by atoms with E-state index in [2.05, 4.69) is 11.1 Å². The third-order valence-electron chi connectivity index (χ3n) is 4.02. The Kier molecular flexibility index (Phi) is 6.38. The quantitative estimate of drug-likeness (QED) is 0.575. The van der Waals surface area contributed by atoms with Crippen LogP contribution in [0, 0.1) is 17.1 Å². The number of carbonyl (C=O) groups is 1. The zero-order chi connectivity index (χ0) is 20.6. The second-order valence-corrected chi connectivity index (χ2v) is 6.04. The summed E-state index contributed by atoms with van der Waals surface area (Å²) >= 11 is 0. The minimum Gasteiger partial charge on any atom is -0.493 e. The fourth-order valence-electron chi connectivity index (χ4n) is 2.69. The van der Waals surface area contributed by atoms with Crippen LogP contribution in [0.5, 0.6) is 11.5 Å². The van der Waals surface area contributed by atoms with Crippen molar-refractivity contribution in [1.29, 1.82) is 5.26 Å². The number of ether oxygens (including phenoxy) is 2.